The van der Waals surface area contributed by atoms with Gasteiger partial charge in [-0.15, -0.1) is 0 Å². The summed E-state index contributed by atoms with van der Waals surface area (Å²) in [5, 5.41) is 0. The molecule has 1 aromatic carbocycles. The van der Waals surface area contributed by atoms with E-state index in [9.17, 15) is 9.59 Å². The predicted molar refractivity (Wildman–Crippen MR) is 120 cm³/mol. The number of allylic oxidation sites excluding steroid dienone is 1. The van der Waals surface area contributed by atoms with Crippen LogP contribution in [0.5, 0.6) is 0 Å². The van der Waals surface area contributed by atoms with Gasteiger partial charge in [0.15, 0.2) is 0 Å². The van der Waals surface area contributed by atoms with Gasteiger partial charge in [0.05, 0.1) is 18.8 Å². The molecule has 0 spiro atoms. The third-order valence-electron chi connectivity index (χ3n) is 4.93. The first-order valence-corrected chi connectivity index (χ1v) is 10.6. The monoisotopic (exact) mass is 444 g/mol. The van der Waals surface area contributed by atoms with Crippen molar-refractivity contribution in [1.82, 2.24) is 0 Å². The van der Waals surface area contributed by atoms with Gasteiger partial charge >= 0.3 is 11.9 Å². The minimum Gasteiger partial charge on any atom is -0.462 e. The van der Waals surface area contributed by atoms with Crippen LogP contribution >= 0.6 is 0 Å². The summed E-state index contributed by atoms with van der Waals surface area (Å²) in [6.07, 6.45) is 7.86. The van der Waals surface area contributed by atoms with Gasteiger partial charge in [-0.3, -0.25) is 0 Å². The van der Waals surface area contributed by atoms with Crippen molar-refractivity contribution in [3.63, 3.8) is 0 Å². The molecule has 2 atom stereocenters. The minimum atomic E-state index is -1.10. The van der Waals surface area contributed by atoms with Crippen LogP contribution in [0.4, 0.5) is 0 Å². The lowest BCUT2D eigenvalue weighted by atomic mass is 10.0. The molecule has 2 unspecified atom stereocenters. The fraction of sp³-hybridized carbons (Fsp3) is 0.440. The molecule has 0 aliphatic heterocycles. The number of hydrogen-bond acceptors (Lipinski definition) is 7. The smallest absolute Gasteiger partial charge is 0.343 e. The number of rotatable bonds is 13. The van der Waals surface area contributed by atoms with Gasteiger partial charge in [0.25, 0.3) is 0 Å². The molecule has 0 fully saturated rings. The van der Waals surface area contributed by atoms with E-state index in [1.165, 1.54) is 0 Å². The first kappa shape index (κ1) is 25.5. The third kappa shape index (κ3) is 7.44. The molecule has 0 radical (unpaired) electrons. The summed E-state index contributed by atoms with van der Waals surface area (Å²) in [7, 11) is 3.08. The van der Waals surface area contributed by atoms with Gasteiger partial charge in [0.2, 0.25) is 5.79 Å². The Bertz CT molecular complexity index is 828. The zero-order valence-corrected chi connectivity index (χ0v) is 19.0. The molecule has 7 nitrogen and oxygen atoms in total. The van der Waals surface area contributed by atoms with E-state index in [1.807, 2.05) is 6.07 Å². The second kappa shape index (κ2) is 13.0. The molecule has 0 aromatic heterocycles. The lowest BCUT2D eigenvalue weighted by Crippen LogP contribution is -2.47. The number of methoxy groups -OCH3 is 2. The number of carbonyl (C=O) groups excluding carboxylic acids is 2. The SMILES string of the molecule is C=C(C)C(=O)OCCCCCCOC1(OC)C=CC(OC(=O)c2ccccc2)=CC1OC. The predicted octanol–water partition coefficient (Wildman–Crippen LogP) is 4.35. The molecule has 0 N–H and O–H groups in total. The van der Waals surface area contributed by atoms with Crippen LogP contribution in [0.25, 0.3) is 0 Å². The van der Waals surface area contributed by atoms with Crippen LogP contribution in [-0.2, 0) is 28.5 Å². The Labute approximate surface area is 189 Å². The van der Waals surface area contributed by atoms with Crippen molar-refractivity contribution in [1.29, 1.82) is 0 Å². The minimum absolute atomic E-state index is 0.355. The molecule has 1 aromatic rings. The Morgan fingerprint density at radius 3 is 2.34 bits per heavy atom. The molecule has 0 saturated heterocycles. The van der Waals surface area contributed by atoms with Crippen molar-refractivity contribution in [2.24, 2.45) is 0 Å². The van der Waals surface area contributed by atoms with Gasteiger partial charge in [-0.05, 0) is 56.5 Å². The molecule has 1 aliphatic carbocycles. The maximum atomic E-state index is 12.3. The molecule has 0 heterocycles. The van der Waals surface area contributed by atoms with Crippen molar-refractivity contribution in [3.8, 4) is 0 Å². The van der Waals surface area contributed by atoms with E-state index in [4.69, 9.17) is 23.7 Å². The molecule has 32 heavy (non-hydrogen) atoms. The second-order valence-electron chi connectivity index (χ2n) is 7.42. The van der Waals surface area contributed by atoms with Gasteiger partial charge in [0.1, 0.15) is 11.9 Å². The Balaban J connectivity index is 1.79. The highest BCUT2D eigenvalue weighted by Gasteiger charge is 2.40. The molecular formula is C25H32O7. The first-order chi connectivity index (χ1) is 15.4. The van der Waals surface area contributed by atoms with Gasteiger partial charge in [0, 0.05) is 19.8 Å². The van der Waals surface area contributed by atoms with E-state index in [1.54, 1.807) is 63.6 Å². The van der Waals surface area contributed by atoms with Gasteiger partial charge < -0.3 is 23.7 Å². The van der Waals surface area contributed by atoms with Crippen LogP contribution in [0.2, 0.25) is 0 Å². The first-order valence-electron chi connectivity index (χ1n) is 10.6. The van der Waals surface area contributed by atoms with Crippen molar-refractivity contribution < 1.29 is 33.3 Å². The molecule has 174 valence electrons. The molecule has 0 bridgehead atoms. The van der Waals surface area contributed by atoms with E-state index >= 15 is 0 Å². The molecule has 0 saturated carbocycles. The van der Waals surface area contributed by atoms with Crippen molar-refractivity contribution in [2.45, 2.75) is 44.5 Å². The normalized spacial score (nSPS) is 19.8. The zero-order valence-electron chi connectivity index (χ0n) is 19.0. The Morgan fingerprint density at radius 2 is 1.72 bits per heavy atom. The summed E-state index contributed by atoms with van der Waals surface area (Å²) in [5.41, 5.74) is 0.869. The zero-order chi connectivity index (χ0) is 23.4. The van der Waals surface area contributed by atoms with Crippen LogP contribution in [-0.4, -0.2) is 51.3 Å². The van der Waals surface area contributed by atoms with E-state index in [-0.39, 0.29) is 5.97 Å². The molecule has 7 heteroatoms. The quantitative estimate of drug-likeness (QED) is 0.194. The highest BCUT2D eigenvalue weighted by Crippen LogP contribution is 2.29. The number of ether oxygens (including phenoxy) is 5. The Hall–Kier alpha value is -2.74. The van der Waals surface area contributed by atoms with Crippen LogP contribution < -0.4 is 0 Å². The summed E-state index contributed by atoms with van der Waals surface area (Å²) < 4.78 is 27.7. The summed E-state index contributed by atoms with van der Waals surface area (Å²) in [4.78, 5) is 23.6. The maximum Gasteiger partial charge on any atom is 0.343 e. The summed E-state index contributed by atoms with van der Waals surface area (Å²) in [5.74, 6) is -1.54. The Kier molecular flexibility index (Phi) is 10.3. The largest absolute Gasteiger partial charge is 0.462 e. The standard InChI is InChI=1S/C25H32O7/c1-19(2)23(26)30-16-10-5-6-11-17-31-25(29-4)15-14-21(18-22(25)28-3)32-24(27)20-12-8-7-9-13-20/h7-9,12-15,18,22H,1,5-6,10-11,16-17H2,2-4H3. The number of esters is 2. The molecular weight excluding hydrogens is 412 g/mol. The van der Waals surface area contributed by atoms with Gasteiger partial charge in [-0.1, -0.05) is 31.2 Å². The van der Waals surface area contributed by atoms with Crippen molar-refractivity contribution >= 4 is 11.9 Å². The van der Waals surface area contributed by atoms with Crippen LogP contribution in [0.15, 0.2) is 66.5 Å². The lowest BCUT2D eigenvalue weighted by Gasteiger charge is -2.36. The van der Waals surface area contributed by atoms with E-state index in [0.29, 0.717) is 30.1 Å². The third-order valence-corrected chi connectivity index (χ3v) is 4.93. The van der Waals surface area contributed by atoms with Crippen molar-refractivity contribution in [2.75, 3.05) is 27.4 Å². The molecule has 1 aliphatic rings. The fourth-order valence-electron chi connectivity index (χ4n) is 3.11. The highest BCUT2D eigenvalue weighted by atomic mass is 16.7. The Morgan fingerprint density at radius 1 is 1.03 bits per heavy atom. The average Bonchev–Trinajstić information content (AvgIpc) is 2.81. The van der Waals surface area contributed by atoms with E-state index < -0.39 is 17.9 Å². The summed E-state index contributed by atoms with van der Waals surface area (Å²) >= 11 is 0. The molecule has 2 rings (SSSR count). The summed E-state index contributed by atoms with van der Waals surface area (Å²) in [6.45, 7) is 6.02. The number of benzene rings is 1. The number of unbranched alkanes of at least 4 members (excludes halogenated alkanes) is 3. The average molecular weight is 445 g/mol. The molecule has 0 amide bonds. The summed E-state index contributed by atoms with van der Waals surface area (Å²) in [6, 6.07) is 8.77. The van der Waals surface area contributed by atoms with Crippen LogP contribution in [0.1, 0.15) is 43.0 Å². The van der Waals surface area contributed by atoms with Crippen molar-refractivity contribution in [3.05, 3.63) is 72.0 Å². The number of hydrogen-bond donors (Lipinski definition) is 0. The van der Waals surface area contributed by atoms with E-state index in [2.05, 4.69) is 6.58 Å². The second-order valence-corrected chi connectivity index (χ2v) is 7.42. The van der Waals surface area contributed by atoms with Gasteiger partial charge in [-0.25, -0.2) is 9.59 Å². The lowest BCUT2D eigenvalue weighted by molar-refractivity contribution is -0.236. The topological polar surface area (TPSA) is 80.3 Å². The van der Waals surface area contributed by atoms with E-state index in [0.717, 1.165) is 25.7 Å². The van der Waals surface area contributed by atoms with Gasteiger partial charge in [-0.2, -0.15) is 0 Å². The maximum absolute atomic E-state index is 12.3. The number of carbonyl (C=O) groups is 2. The van der Waals surface area contributed by atoms with Crippen LogP contribution in [0, 0.1) is 0 Å². The van der Waals surface area contributed by atoms with Crippen LogP contribution in [0.3, 0.4) is 0 Å². The fourth-order valence-corrected chi connectivity index (χ4v) is 3.11. The highest BCUT2D eigenvalue weighted by molar-refractivity contribution is 5.90.